The maximum Gasteiger partial charge on any atom is 0.308 e. The van der Waals surface area contributed by atoms with E-state index in [1.807, 2.05) is 31.5 Å². The summed E-state index contributed by atoms with van der Waals surface area (Å²) in [5.74, 6) is -1.68. The Morgan fingerprint density at radius 3 is 2.40 bits per heavy atom. The molecule has 1 aromatic rings. The molecule has 6 heteroatoms. The normalized spacial score (nSPS) is 15.4. The van der Waals surface area contributed by atoms with E-state index in [2.05, 4.69) is 10.4 Å². The molecule has 2 N–H and O–H groups in total. The van der Waals surface area contributed by atoms with Crippen LogP contribution in [0.25, 0.3) is 0 Å². The van der Waals surface area contributed by atoms with Gasteiger partial charge in [0.15, 0.2) is 0 Å². The molecule has 0 bridgehead atoms. The minimum atomic E-state index is -0.913. The van der Waals surface area contributed by atoms with Gasteiger partial charge in [0, 0.05) is 18.2 Å². The second kappa shape index (κ2) is 6.54. The zero-order valence-corrected chi connectivity index (χ0v) is 12.7. The zero-order chi connectivity index (χ0) is 15.4. The highest BCUT2D eigenvalue weighted by atomic mass is 16.4. The zero-order valence-electron chi connectivity index (χ0n) is 12.7. The maximum atomic E-state index is 11.9. The Balaban J connectivity index is 2.58. The standard InChI is InChI=1S/C14H23N3O3/c1-8-6-9(2)17(16-8)10(3)7-13(18)15-12(5)11(4)14(19)20/h6,10-12H,7H2,1-5H3,(H,15,18)(H,19,20). The lowest BCUT2D eigenvalue weighted by molar-refractivity contribution is -0.142. The molecule has 0 radical (unpaired) electrons. The van der Waals surface area contributed by atoms with Gasteiger partial charge in [-0.1, -0.05) is 0 Å². The summed E-state index contributed by atoms with van der Waals surface area (Å²) in [6.07, 6.45) is 0.276. The Kier molecular flexibility index (Phi) is 5.30. The molecule has 0 saturated carbocycles. The summed E-state index contributed by atoms with van der Waals surface area (Å²) in [7, 11) is 0. The van der Waals surface area contributed by atoms with Crippen LogP contribution in [0.2, 0.25) is 0 Å². The van der Waals surface area contributed by atoms with Crippen LogP contribution in [0, 0.1) is 19.8 Å². The van der Waals surface area contributed by atoms with Crippen LogP contribution in [0.5, 0.6) is 0 Å². The predicted octanol–water partition coefficient (Wildman–Crippen LogP) is 1.68. The topological polar surface area (TPSA) is 84.2 Å². The van der Waals surface area contributed by atoms with Crippen LogP contribution < -0.4 is 5.32 Å². The number of carbonyl (C=O) groups excluding carboxylic acids is 1. The van der Waals surface area contributed by atoms with Crippen molar-refractivity contribution >= 4 is 11.9 Å². The number of nitrogens with zero attached hydrogens (tertiary/aromatic N) is 2. The molecule has 6 nitrogen and oxygen atoms in total. The van der Waals surface area contributed by atoms with E-state index in [-0.39, 0.29) is 18.4 Å². The lowest BCUT2D eigenvalue weighted by Crippen LogP contribution is -2.40. The molecular weight excluding hydrogens is 258 g/mol. The summed E-state index contributed by atoms with van der Waals surface area (Å²) in [5, 5.41) is 16.0. The smallest absolute Gasteiger partial charge is 0.308 e. The summed E-state index contributed by atoms with van der Waals surface area (Å²) in [6.45, 7) is 9.06. The van der Waals surface area contributed by atoms with Gasteiger partial charge in [0.05, 0.1) is 17.7 Å². The number of rotatable bonds is 6. The second-order valence-electron chi connectivity index (χ2n) is 5.41. The van der Waals surface area contributed by atoms with Crippen LogP contribution in [0.15, 0.2) is 6.07 Å². The maximum absolute atomic E-state index is 11.9. The molecule has 1 amide bonds. The van der Waals surface area contributed by atoms with Crippen molar-refractivity contribution in [2.45, 2.75) is 53.1 Å². The molecule has 1 heterocycles. The first-order valence-corrected chi connectivity index (χ1v) is 6.77. The van der Waals surface area contributed by atoms with Crippen molar-refractivity contribution < 1.29 is 14.7 Å². The summed E-state index contributed by atoms with van der Waals surface area (Å²) in [5.41, 5.74) is 1.93. The van der Waals surface area contributed by atoms with Gasteiger partial charge in [0.2, 0.25) is 5.91 Å². The van der Waals surface area contributed by atoms with Crippen LogP contribution in [0.3, 0.4) is 0 Å². The second-order valence-corrected chi connectivity index (χ2v) is 5.41. The number of hydrogen-bond donors (Lipinski definition) is 2. The fourth-order valence-corrected chi connectivity index (χ4v) is 2.10. The third kappa shape index (κ3) is 4.08. The van der Waals surface area contributed by atoms with Crippen LogP contribution in [0.1, 0.15) is 44.6 Å². The number of carboxylic acid groups (broad SMARTS) is 1. The van der Waals surface area contributed by atoms with Gasteiger partial charge in [0.25, 0.3) is 0 Å². The van der Waals surface area contributed by atoms with Crippen molar-refractivity contribution in [3.8, 4) is 0 Å². The third-order valence-electron chi connectivity index (χ3n) is 3.47. The van der Waals surface area contributed by atoms with Crippen molar-refractivity contribution in [3.63, 3.8) is 0 Å². The summed E-state index contributed by atoms with van der Waals surface area (Å²) >= 11 is 0. The average Bonchev–Trinajstić information content (AvgIpc) is 2.66. The molecule has 0 aliphatic rings. The van der Waals surface area contributed by atoms with E-state index in [9.17, 15) is 9.59 Å². The van der Waals surface area contributed by atoms with E-state index < -0.39 is 17.9 Å². The molecule has 0 saturated heterocycles. The lowest BCUT2D eigenvalue weighted by Gasteiger charge is -2.20. The first-order chi connectivity index (χ1) is 9.22. The van der Waals surface area contributed by atoms with Crippen molar-refractivity contribution in [1.82, 2.24) is 15.1 Å². The van der Waals surface area contributed by atoms with Crippen LogP contribution in [0.4, 0.5) is 0 Å². The van der Waals surface area contributed by atoms with Crippen LogP contribution in [-0.2, 0) is 9.59 Å². The molecular formula is C14H23N3O3. The highest BCUT2D eigenvalue weighted by molar-refractivity contribution is 5.78. The first kappa shape index (κ1) is 16.2. The van der Waals surface area contributed by atoms with E-state index in [0.717, 1.165) is 11.4 Å². The fourth-order valence-electron chi connectivity index (χ4n) is 2.10. The number of carbonyl (C=O) groups is 2. The van der Waals surface area contributed by atoms with Gasteiger partial charge in [-0.25, -0.2) is 0 Å². The van der Waals surface area contributed by atoms with Crippen molar-refractivity contribution in [2.24, 2.45) is 5.92 Å². The van der Waals surface area contributed by atoms with Crippen molar-refractivity contribution in [3.05, 3.63) is 17.5 Å². The first-order valence-electron chi connectivity index (χ1n) is 6.77. The van der Waals surface area contributed by atoms with Gasteiger partial charge in [0.1, 0.15) is 0 Å². The minimum Gasteiger partial charge on any atom is -0.481 e. The van der Waals surface area contributed by atoms with Gasteiger partial charge in [-0.3, -0.25) is 14.3 Å². The highest BCUT2D eigenvalue weighted by Crippen LogP contribution is 2.14. The molecule has 0 spiro atoms. The van der Waals surface area contributed by atoms with Gasteiger partial charge in [-0.05, 0) is 40.7 Å². The number of hydrogen-bond acceptors (Lipinski definition) is 3. The molecule has 3 unspecified atom stereocenters. The molecule has 0 fully saturated rings. The van der Waals surface area contributed by atoms with Crippen LogP contribution in [-0.4, -0.2) is 32.8 Å². The third-order valence-corrected chi connectivity index (χ3v) is 3.47. The van der Waals surface area contributed by atoms with Gasteiger partial charge in [-0.2, -0.15) is 5.10 Å². The Morgan fingerprint density at radius 1 is 1.35 bits per heavy atom. The number of aryl methyl sites for hydroxylation is 2. The largest absolute Gasteiger partial charge is 0.481 e. The lowest BCUT2D eigenvalue weighted by atomic mass is 10.0. The molecule has 20 heavy (non-hydrogen) atoms. The Hall–Kier alpha value is -1.85. The van der Waals surface area contributed by atoms with E-state index in [0.29, 0.717) is 0 Å². The summed E-state index contributed by atoms with van der Waals surface area (Å²) < 4.78 is 1.82. The Bertz CT molecular complexity index is 496. The average molecular weight is 281 g/mol. The fraction of sp³-hybridized carbons (Fsp3) is 0.643. The van der Waals surface area contributed by atoms with E-state index in [1.165, 1.54) is 0 Å². The van der Waals surface area contributed by atoms with Gasteiger partial charge in [-0.15, -0.1) is 0 Å². The summed E-state index contributed by atoms with van der Waals surface area (Å²) in [4.78, 5) is 22.8. The van der Waals surface area contributed by atoms with Gasteiger partial charge < -0.3 is 10.4 Å². The molecule has 0 aromatic carbocycles. The van der Waals surface area contributed by atoms with Crippen LogP contribution >= 0.6 is 0 Å². The molecule has 0 aliphatic carbocycles. The van der Waals surface area contributed by atoms with Gasteiger partial charge >= 0.3 is 5.97 Å². The molecule has 3 atom stereocenters. The molecule has 1 rings (SSSR count). The van der Waals surface area contributed by atoms with Crippen molar-refractivity contribution in [1.29, 1.82) is 0 Å². The number of amides is 1. The number of nitrogens with one attached hydrogen (secondary N) is 1. The molecule has 0 aliphatic heterocycles. The Labute approximate surface area is 119 Å². The monoisotopic (exact) mass is 281 g/mol. The highest BCUT2D eigenvalue weighted by Gasteiger charge is 2.22. The number of carboxylic acids is 1. The quantitative estimate of drug-likeness (QED) is 0.831. The minimum absolute atomic E-state index is 0.0592. The SMILES string of the molecule is Cc1cc(C)n(C(C)CC(=O)NC(C)C(C)C(=O)O)n1. The number of aliphatic carboxylic acids is 1. The number of aromatic nitrogens is 2. The van der Waals surface area contributed by atoms with E-state index in [4.69, 9.17) is 5.11 Å². The van der Waals surface area contributed by atoms with E-state index >= 15 is 0 Å². The molecule has 1 aromatic heterocycles. The van der Waals surface area contributed by atoms with Crippen molar-refractivity contribution in [2.75, 3.05) is 0 Å². The van der Waals surface area contributed by atoms with E-state index in [1.54, 1.807) is 13.8 Å². The molecule has 112 valence electrons. The summed E-state index contributed by atoms with van der Waals surface area (Å²) in [6, 6.07) is 1.51. The Morgan fingerprint density at radius 2 is 1.95 bits per heavy atom. The predicted molar refractivity (Wildman–Crippen MR) is 75.4 cm³/mol.